The van der Waals surface area contributed by atoms with Crippen molar-refractivity contribution in [1.82, 2.24) is 4.57 Å². The lowest BCUT2D eigenvalue weighted by Crippen LogP contribution is -2.26. The molecule has 1 aromatic heterocycles. The van der Waals surface area contributed by atoms with Crippen LogP contribution in [0.2, 0.25) is 0 Å². The smallest absolute Gasteiger partial charge is 0.0726 e. The molecule has 1 spiro atoms. The molecule has 0 bridgehead atoms. The molecule has 0 unspecified atom stereocenters. The number of nitrogens with zero attached hydrogens (tertiary/aromatic N) is 2. The van der Waals surface area contributed by atoms with Crippen molar-refractivity contribution >= 4 is 38.9 Å². The molecule has 11 aromatic rings. The molecule has 0 aliphatic heterocycles. The standard InChI is InChI=1S/C61H40N2/c1-3-16-41(17-4-1)42-30-34-45(35-31-42)62(46-36-32-43(33-37-46)48-24-15-29-59-60(48)53-23-10-14-28-58(53)63(59)44-18-5-2-6-19-44)47-38-39-52-51-22-9-13-27-56(51)61(57(52)40-47)54-25-11-7-20-49(54)50-21-8-12-26-55(50)61/h1-40H. The molecule has 63 heavy (non-hydrogen) atoms. The number of hydrogen-bond donors (Lipinski definition) is 0. The van der Waals surface area contributed by atoms with Crippen LogP contribution in [-0.4, -0.2) is 4.57 Å². The predicted octanol–water partition coefficient (Wildman–Crippen LogP) is 15.9. The quantitative estimate of drug-likeness (QED) is 0.163. The van der Waals surface area contributed by atoms with E-state index >= 15 is 0 Å². The van der Waals surface area contributed by atoms with Crippen LogP contribution < -0.4 is 4.90 Å². The van der Waals surface area contributed by atoms with Gasteiger partial charge in [0.05, 0.1) is 16.4 Å². The summed E-state index contributed by atoms with van der Waals surface area (Å²) in [6, 6.07) is 89.4. The molecule has 2 nitrogen and oxygen atoms in total. The molecule has 2 aliphatic carbocycles. The SMILES string of the molecule is c1ccc(-c2ccc(N(c3ccc(-c4cccc5c4c4ccccc4n5-c4ccccc4)cc3)c3ccc4c(c3)C3(c5ccccc5-c5ccccc53)c3ccccc3-4)cc2)cc1. The summed E-state index contributed by atoms with van der Waals surface area (Å²) in [5.41, 5.74) is 21.8. The molecule has 0 radical (unpaired) electrons. The molecular formula is C61H40N2. The maximum absolute atomic E-state index is 2.48. The highest BCUT2D eigenvalue weighted by molar-refractivity contribution is 6.15. The summed E-state index contributed by atoms with van der Waals surface area (Å²) >= 11 is 0. The van der Waals surface area contributed by atoms with Gasteiger partial charge in [0.15, 0.2) is 0 Å². The van der Waals surface area contributed by atoms with Crippen LogP contribution in [0.5, 0.6) is 0 Å². The first-order valence-electron chi connectivity index (χ1n) is 21.8. The van der Waals surface area contributed by atoms with Gasteiger partial charge in [-0.1, -0.05) is 182 Å². The molecule has 10 aromatic carbocycles. The minimum absolute atomic E-state index is 0.431. The molecule has 0 saturated heterocycles. The molecule has 0 fully saturated rings. The van der Waals surface area contributed by atoms with Gasteiger partial charge < -0.3 is 9.47 Å². The van der Waals surface area contributed by atoms with Crippen LogP contribution in [0, 0.1) is 0 Å². The number of fused-ring (bicyclic) bond motifs is 13. The van der Waals surface area contributed by atoms with Crippen LogP contribution in [0.4, 0.5) is 17.1 Å². The number of rotatable bonds is 6. The van der Waals surface area contributed by atoms with Crippen LogP contribution in [-0.2, 0) is 5.41 Å². The maximum atomic E-state index is 2.48. The van der Waals surface area contributed by atoms with Crippen molar-refractivity contribution in [2.24, 2.45) is 0 Å². The van der Waals surface area contributed by atoms with E-state index in [1.54, 1.807) is 0 Å². The van der Waals surface area contributed by atoms with E-state index < -0.39 is 5.41 Å². The van der Waals surface area contributed by atoms with Gasteiger partial charge in [-0.2, -0.15) is 0 Å². The normalized spacial score (nSPS) is 12.9. The van der Waals surface area contributed by atoms with Crippen molar-refractivity contribution in [2.45, 2.75) is 5.41 Å². The summed E-state index contributed by atoms with van der Waals surface area (Å²) < 4.78 is 2.39. The first kappa shape index (κ1) is 35.5. The van der Waals surface area contributed by atoms with Gasteiger partial charge in [-0.25, -0.2) is 0 Å². The third-order valence-electron chi connectivity index (χ3n) is 13.6. The zero-order chi connectivity index (χ0) is 41.5. The highest BCUT2D eigenvalue weighted by Crippen LogP contribution is 2.63. The van der Waals surface area contributed by atoms with E-state index in [0.717, 1.165) is 22.7 Å². The van der Waals surface area contributed by atoms with Gasteiger partial charge in [0.2, 0.25) is 0 Å². The number of hydrogen-bond acceptors (Lipinski definition) is 1. The molecule has 0 saturated carbocycles. The third kappa shape index (κ3) is 5.19. The van der Waals surface area contributed by atoms with Crippen LogP contribution >= 0.6 is 0 Å². The Hall–Kier alpha value is -8.20. The number of benzene rings is 10. The maximum Gasteiger partial charge on any atom is 0.0726 e. The van der Waals surface area contributed by atoms with E-state index in [4.69, 9.17) is 0 Å². The van der Waals surface area contributed by atoms with Crippen molar-refractivity contribution in [3.8, 4) is 50.2 Å². The van der Waals surface area contributed by atoms with Crippen LogP contribution in [0.15, 0.2) is 243 Å². The second-order valence-corrected chi connectivity index (χ2v) is 16.8. The number of anilines is 3. The first-order valence-corrected chi connectivity index (χ1v) is 21.8. The van der Waals surface area contributed by atoms with E-state index in [1.807, 2.05) is 0 Å². The predicted molar refractivity (Wildman–Crippen MR) is 263 cm³/mol. The van der Waals surface area contributed by atoms with Gasteiger partial charge in [0.25, 0.3) is 0 Å². The summed E-state index contributed by atoms with van der Waals surface area (Å²) in [4.78, 5) is 2.43. The van der Waals surface area contributed by atoms with Crippen LogP contribution in [0.3, 0.4) is 0 Å². The zero-order valence-corrected chi connectivity index (χ0v) is 34.5. The second kappa shape index (κ2) is 13.9. The largest absolute Gasteiger partial charge is 0.310 e. The molecule has 294 valence electrons. The van der Waals surface area contributed by atoms with Gasteiger partial charge in [0.1, 0.15) is 0 Å². The Labute approximate surface area is 367 Å². The van der Waals surface area contributed by atoms with E-state index in [9.17, 15) is 0 Å². The van der Waals surface area contributed by atoms with Gasteiger partial charge in [-0.3, -0.25) is 0 Å². The van der Waals surface area contributed by atoms with Crippen molar-refractivity contribution in [1.29, 1.82) is 0 Å². The molecule has 1 heterocycles. The van der Waals surface area contributed by atoms with Crippen molar-refractivity contribution in [3.05, 3.63) is 265 Å². The number of para-hydroxylation sites is 2. The lowest BCUT2D eigenvalue weighted by Gasteiger charge is -2.32. The fourth-order valence-electron chi connectivity index (χ4n) is 11.0. The lowest BCUT2D eigenvalue weighted by atomic mass is 9.70. The summed E-state index contributed by atoms with van der Waals surface area (Å²) in [6.45, 7) is 0. The molecule has 0 amide bonds. The van der Waals surface area contributed by atoms with E-state index in [2.05, 4.69) is 252 Å². The van der Waals surface area contributed by atoms with E-state index in [1.165, 1.54) is 88.6 Å². The van der Waals surface area contributed by atoms with Crippen molar-refractivity contribution in [3.63, 3.8) is 0 Å². The monoisotopic (exact) mass is 800 g/mol. The summed E-state index contributed by atoms with van der Waals surface area (Å²) in [5, 5.41) is 2.51. The Kier molecular flexibility index (Phi) is 7.85. The number of aromatic nitrogens is 1. The average Bonchev–Trinajstić information content (AvgIpc) is 3.97. The van der Waals surface area contributed by atoms with Crippen LogP contribution in [0.1, 0.15) is 22.3 Å². The lowest BCUT2D eigenvalue weighted by molar-refractivity contribution is 0.793. The Morgan fingerprint density at radius 2 is 0.762 bits per heavy atom. The van der Waals surface area contributed by atoms with Gasteiger partial charge in [0, 0.05) is 33.5 Å². The van der Waals surface area contributed by atoms with Crippen molar-refractivity contribution < 1.29 is 0 Å². The highest BCUT2D eigenvalue weighted by atomic mass is 15.1. The molecule has 2 heteroatoms. The van der Waals surface area contributed by atoms with E-state index in [-0.39, 0.29) is 0 Å². The fourth-order valence-corrected chi connectivity index (χ4v) is 11.0. The Morgan fingerprint density at radius 1 is 0.302 bits per heavy atom. The molecular weight excluding hydrogens is 761 g/mol. The molecule has 0 atom stereocenters. The zero-order valence-electron chi connectivity index (χ0n) is 34.5. The van der Waals surface area contributed by atoms with Gasteiger partial charge >= 0.3 is 0 Å². The third-order valence-corrected chi connectivity index (χ3v) is 13.6. The summed E-state index contributed by atoms with van der Waals surface area (Å²) in [7, 11) is 0. The van der Waals surface area contributed by atoms with Gasteiger partial charge in [-0.05, 0) is 127 Å². The Morgan fingerprint density at radius 3 is 1.40 bits per heavy atom. The highest BCUT2D eigenvalue weighted by Gasteiger charge is 2.51. The Balaban J connectivity index is 0.996. The van der Waals surface area contributed by atoms with Crippen LogP contribution in [0.25, 0.3) is 72.0 Å². The molecule has 13 rings (SSSR count). The van der Waals surface area contributed by atoms with E-state index in [0.29, 0.717) is 0 Å². The summed E-state index contributed by atoms with van der Waals surface area (Å²) in [5.74, 6) is 0. The average molecular weight is 801 g/mol. The first-order chi connectivity index (χ1) is 31.3. The summed E-state index contributed by atoms with van der Waals surface area (Å²) in [6.07, 6.45) is 0. The minimum Gasteiger partial charge on any atom is -0.310 e. The topological polar surface area (TPSA) is 8.17 Å². The van der Waals surface area contributed by atoms with Crippen molar-refractivity contribution in [2.75, 3.05) is 4.90 Å². The molecule has 0 N–H and O–H groups in total. The van der Waals surface area contributed by atoms with Gasteiger partial charge in [-0.15, -0.1) is 0 Å². The molecule has 2 aliphatic rings. The fraction of sp³-hybridized carbons (Fsp3) is 0.0164. The Bertz CT molecular complexity index is 3480. The second-order valence-electron chi connectivity index (χ2n) is 16.8. The minimum atomic E-state index is -0.431.